The molecular formula is C6H14N4O. The van der Waals surface area contributed by atoms with Gasteiger partial charge in [-0.3, -0.25) is 5.43 Å². The fourth-order valence-corrected chi connectivity index (χ4v) is 1.29. The smallest absolute Gasteiger partial charge is 0.311 e. The van der Waals surface area contributed by atoms with Gasteiger partial charge in [0.25, 0.3) is 0 Å². The van der Waals surface area contributed by atoms with Crippen molar-refractivity contribution in [3.63, 3.8) is 0 Å². The summed E-state index contributed by atoms with van der Waals surface area (Å²) in [4.78, 5) is 12.5. The molecule has 1 saturated heterocycles. The summed E-state index contributed by atoms with van der Waals surface area (Å²) in [7, 11) is 0. The Balaban J connectivity index is 2.47. The van der Waals surface area contributed by atoms with Crippen LogP contribution in [0.2, 0.25) is 0 Å². The van der Waals surface area contributed by atoms with Gasteiger partial charge in [-0.2, -0.15) is 0 Å². The molecule has 1 unspecified atom stereocenters. The van der Waals surface area contributed by atoms with Crippen LogP contribution in [0.4, 0.5) is 4.79 Å². The summed E-state index contributed by atoms with van der Waals surface area (Å²) < 4.78 is 0. The molecule has 64 valence electrons. The maximum atomic E-state index is 11.0. The van der Waals surface area contributed by atoms with E-state index in [0.717, 1.165) is 19.3 Å². The molecule has 2 amide bonds. The largest absolute Gasteiger partial charge is 0.332 e. The molecule has 11 heavy (non-hydrogen) atoms. The number of nitrogens with one attached hydrogen (secondary N) is 1. The van der Waals surface area contributed by atoms with Crippen LogP contribution < -0.4 is 17.0 Å². The second-order valence-electron chi connectivity index (χ2n) is 2.71. The summed E-state index contributed by atoms with van der Waals surface area (Å²) in [5.41, 5.74) is 7.74. The molecule has 0 aromatic rings. The summed E-state index contributed by atoms with van der Waals surface area (Å²) in [6.45, 7) is 0.712. The van der Waals surface area contributed by atoms with E-state index >= 15 is 0 Å². The van der Waals surface area contributed by atoms with Gasteiger partial charge in [-0.25, -0.2) is 10.6 Å². The van der Waals surface area contributed by atoms with E-state index in [4.69, 9.17) is 11.6 Å². The average Bonchev–Trinajstić information content (AvgIpc) is 2.04. The van der Waals surface area contributed by atoms with Gasteiger partial charge >= 0.3 is 6.03 Å². The minimum absolute atomic E-state index is 0.160. The zero-order valence-corrected chi connectivity index (χ0v) is 6.42. The number of rotatable bonds is 0. The molecule has 5 N–H and O–H groups in total. The van der Waals surface area contributed by atoms with Crippen LogP contribution in [-0.2, 0) is 0 Å². The van der Waals surface area contributed by atoms with E-state index in [1.54, 1.807) is 4.90 Å². The monoisotopic (exact) mass is 158 g/mol. The molecule has 0 radical (unpaired) electrons. The molecule has 1 aliphatic rings. The van der Waals surface area contributed by atoms with Crippen molar-refractivity contribution < 1.29 is 4.79 Å². The lowest BCUT2D eigenvalue weighted by Crippen LogP contribution is -2.54. The number of nitrogens with two attached hydrogens (primary N) is 2. The Morgan fingerprint density at radius 2 is 2.27 bits per heavy atom. The van der Waals surface area contributed by atoms with Gasteiger partial charge in [-0.1, -0.05) is 0 Å². The fourth-order valence-electron chi connectivity index (χ4n) is 1.29. The number of hydrogen-bond donors (Lipinski definition) is 3. The van der Waals surface area contributed by atoms with E-state index in [0.29, 0.717) is 6.54 Å². The molecule has 0 spiro atoms. The summed E-state index contributed by atoms with van der Waals surface area (Å²) >= 11 is 0. The molecular weight excluding hydrogens is 144 g/mol. The van der Waals surface area contributed by atoms with Crippen molar-refractivity contribution in [1.82, 2.24) is 10.3 Å². The van der Waals surface area contributed by atoms with Crippen LogP contribution in [0.25, 0.3) is 0 Å². The molecule has 0 saturated carbocycles. The lowest BCUT2D eigenvalue weighted by molar-refractivity contribution is 0.154. The van der Waals surface area contributed by atoms with Crippen molar-refractivity contribution in [2.45, 2.75) is 25.4 Å². The quantitative estimate of drug-likeness (QED) is 0.248. The third-order valence-corrected chi connectivity index (χ3v) is 1.93. The van der Waals surface area contributed by atoms with Crippen LogP contribution >= 0.6 is 0 Å². The first-order valence-corrected chi connectivity index (χ1v) is 3.78. The van der Waals surface area contributed by atoms with Gasteiger partial charge < -0.3 is 10.6 Å². The Labute approximate surface area is 65.7 Å². The highest BCUT2D eigenvalue weighted by molar-refractivity contribution is 5.73. The number of carbonyl (C=O) groups excluding carboxylic acids is 1. The molecule has 1 atom stereocenters. The van der Waals surface area contributed by atoms with Gasteiger partial charge in [0.15, 0.2) is 0 Å². The first-order valence-electron chi connectivity index (χ1n) is 3.78. The predicted molar refractivity (Wildman–Crippen MR) is 41.3 cm³/mol. The average molecular weight is 158 g/mol. The van der Waals surface area contributed by atoms with Gasteiger partial charge in [-0.05, 0) is 19.3 Å². The van der Waals surface area contributed by atoms with Crippen molar-refractivity contribution in [3.8, 4) is 0 Å². The number of carbonyl (C=O) groups is 1. The van der Waals surface area contributed by atoms with E-state index in [-0.39, 0.29) is 12.2 Å². The van der Waals surface area contributed by atoms with Crippen LogP contribution in [0, 0.1) is 0 Å². The molecule has 1 heterocycles. The topological polar surface area (TPSA) is 84.4 Å². The van der Waals surface area contributed by atoms with E-state index in [2.05, 4.69) is 5.43 Å². The molecule has 1 rings (SSSR count). The summed E-state index contributed by atoms with van der Waals surface area (Å²) in [5, 5.41) is 0. The first kappa shape index (κ1) is 8.29. The Morgan fingerprint density at radius 1 is 1.55 bits per heavy atom. The Hall–Kier alpha value is -0.810. The highest BCUT2D eigenvalue weighted by Gasteiger charge is 2.22. The van der Waals surface area contributed by atoms with Gasteiger partial charge in [0.1, 0.15) is 0 Å². The number of nitrogens with zero attached hydrogens (tertiary/aromatic N) is 1. The van der Waals surface area contributed by atoms with Crippen LogP contribution in [-0.4, -0.2) is 23.6 Å². The Kier molecular flexibility index (Phi) is 2.67. The van der Waals surface area contributed by atoms with E-state index < -0.39 is 0 Å². The Bertz CT molecular complexity index is 150. The van der Waals surface area contributed by atoms with E-state index in [1.165, 1.54) is 0 Å². The minimum Gasteiger partial charge on any atom is -0.311 e. The fraction of sp³-hybridized carbons (Fsp3) is 0.833. The SMILES string of the molecule is NNC(=O)N1CCCCC1N. The number of hydrogen-bond acceptors (Lipinski definition) is 3. The zero-order chi connectivity index (χ0) is 8.27. The molecule has 1 fully saturated rings. The van der Waals surface area contributed by atoms with Gasteiger partial charge in [0.05, 0.1) is 6.17 Å². The van der Waals surface area contributed by atoms with Crippen LogP contribution in [0.5, 0.6) is 0 Å². The maximum Gasteiger partial charge on any atom is 0.332 e. The lowest BCUT2D eigenvalue weighted by Gasteiger charge is -2.32. The van der Waals surface area contributed by atoms with Crippen molar-refractivity contribution in [3.05, 3.63) is 0 Å². The molecule has 0 aliphatic carbocycles. The standard InChI is InChI=1S/C6H14N4O/c7-5-3-1-2-4-10(5)6(11)9-8/h5H,1-4,7-8H2,(H,9,11). The summed E-state index contributed by atoms with van der Waals surface area (Å²) in [6, 6.07) is -0.280. The van der Waals surface area contributed by atoms with Gasteiger partial charge in [0.2, 0.25) is 0 Å². The zero-order valence-electron chi connectivity index (χ0n) is 6.42. The summed E-state index contributed by atoms with van der Waals surface area (Å²) in [5.74, 6) is 4.97. The van der Waals surface area contributed by atoms with Crippen molar-refractivity contribution in [2.24, 2.45) is 11.6 Å². The predicted octanol–water partition coefficient (Wildman–Crippen LogP) is -0.660. The van der Waals surface area contributed by atoms with Crippen LogP contribution in [0.3, 0.4) is 0 Å². The van der Waals surface area contributed by atoms with Crippen molar-refractivity contribution >= 4 is 6.03 Å². The number of urea groups is 1. The number of hydrazine groups is 1. The van der Waals surface area contributed by atoms with E-state index in [9.17, 15) is 4.79 Å². The second-order valence-corrected chi connectivity index (χ2v) is 2.71. The molecule has 0 aromatic heterocycles. The van der Waals surface area contributed by atoms with Gasteiger partial charge in [-0.15, -0.1) is 0 Å². The second kappa shape index (κ2) is 3.54. The molecule has 0 aromatic carbocycles. The first-order chi connectivity index (χ1) is 5.25. The molecule has 1 aliphatic heterocycles. The van der Waals surface area contributed by atoms with Crippen molar-refractivity contribution in [1.29, 1.82) is 0 Å². The molecule has 5 nitrogen and oxygen atoms in total. The molecule has 0 bridgehead atoms. The third kappa shape index (κ3) is 1.81. The highest BCUT2D eigenvalue weighted by atomic mass is 16.2. The Morgan fingerprint density at radius 3 is 2.82 bits per heavy atom. The third-order valence-electron chi connectivity index (χ3n) is 1.93. The maximum absolute atomic E-state index is 11.0. The van der Waals surface area contributed by atoms with Crippen molar-refractivity contribution in [2.75, 3.05) is 6.54 Å². The highest BCUT2D eigenvalue weighted by Crippen LogP contribution is 2.12. The number of piperidine rings is 1. The number of amides is 2. The minimum atomic E-state index is -0.280. The number of likely N-dealkylation sites (tertiary alicyclic amines) is 1. The van der Waals surface area contributed by atoms with E-state index in [1.807, 2.05) is 0 Å². The molecule has 5 heteroatoms. The van der Waals surface area contributed by atoms with Gasteiger partial charge in [0, 0.05) is 6.54 Å². The normalized spacial score (nSPS) is 24.9. The lowest BCUT2D eigenvalue weighted by atomic mass is 10.1. The van der Waals surface area contributed by atoms with Crippen LogP contribution in [0.15, 0.2) is 0 Å². The summed E-state index contributed by atoms with van der Waals surface area (Å²) in [6.07, 6.45) is 2.82. The van der Waals surface area contributed by atoms with Crippen LogP contribution in [0.1, 0.15) is 19.3 Å².